The minimum absolute atomic E-state index is 0.0336. The monoisotopic (exact) mass is 322 g/mol. The van der Waals surface area contributed by atoms with Crippen LogP contribution in [0.5, 0.6) is 28.7 Å². The van der Waals surface area contributed by atoms with Gasteiger partial charge in [0, 0.05) is 24.1 Å². The SMILES string of the molecule is CC.Oc1cc(O)c2c(c1)OC[C@@H](O)C2.Oc1ccccc1O. The number of rotatable bonds is 0. The molecule has 0 saturated carbocycles. The molecule has 0 amide bonds. The molecule has 5 N–H and O–H groups in total. The van der Waals surface area contributed by atoms with Gasteiger partial charge in [0.1, 0.15) is 23.9 Å². The predicted molar refractivity (Wildman–Crippen MR) is 86.1 cm³/mol. The van der Waals surface area contributed by atoms with E-state index < -0.39 is 6.10 Å². The molecular formula is C17H22O6. The van der Waals surface area contributed by atoms with E-state index >= 15 is 0 Å². The maximum Gasteiger partial charge on any atom is 0.157 e. The lowest BCUT2D eigenvalue weighted by Crippen LogP contribution is -2.25. The van der Waals surface area contributed by atoms with Gasteiger partial charge < -0.3 is 30.3 Å². The molecule has 0 spiro atoms. The number of ether oxygens (including phenoxy) is 1. The van der Waals surface area contributed by atoms with Gasteiger partial charge in [-0.05, 0) is 12.1 Å². The van der Waals surface area contributed by atoms with Crippen molar-refractivity contribution in [2.45, 2.75) is 26.4 Å². The Kier molecular flexibility index (Phi) is 7.02. The molecule has 0 radical (unpaired) electrons. The Labute approximate surface area is 134 Å². The van der Waals surface area contributed by atoms with Crippen LogP contribution >= 0.6 is 0 Å². The summed E-state index contributed by atoms with van der Waals surface area (Å²) in [5.41, 5.74) is 0.552. The zero-order chi connectivity index (χ0) is 17.4. The fourth-order valence-corrected chi connectivity index (χ4v) is 1.90. The van der Waals surface area contributed by atoms with Crippen LogP contribution in [0, 0.1) is 0 Å². The number of hydrogen-bond donors (Lipinski definition) is 5. The van der Waals surface area contributed by atoms with E-state index in [1.165, 1.54) is 24.3 Å². The fourth-order valence-electron chi connectivity index (χ4n) is 1.90. The van der Waals surface area contributed by atoms with Crippen LogP contribution in [0.3, 0.4) is 0 Å². The van der Waals surface area contributed by atoms with Crippen molar-refractivity contribution in [1.29, 1.82) is 0 Å². The van der Waals surface area contributed by atoms with Gasteiger partial charge in [-0.2, -0.15) is 0 Å². The van der Waals surface area contributed by atoms with Crippen molar-refractivity contribution in [2.75, 3.05) is 6.61 Å². The van der Waals surface area contributed by atoms with Gasteiger partial charge >= 0.3 is 0 Å². The molecule has 0 aliphatic carbocycles. The van der Waals surface area contributed by atoms with Crippen molar-refractivity contribution < 1.29 is 30.3 Å². The number of aliphatic hydroxyl groups is 1. The van der Waals surface area contributed by atoms with E-state index in [1.54, 1.807) is 12.1 Å². The number of hydrogen-bond acceptors (Lipinski definition) is 6. The Morgan fingerprint density at radius 2 is 1.48 bits per heavy atom. The zero-order valence-electron chi connectivity index (χ0n) is 13.1. The molecule has 1 atom stereocenters. The molecule has 23 heavy (non-hydrogen) atoms. The molecule has 0 aromatic heterocycles. The van der Waals surface area contributed by atoms with Crippen molar-refractivity contribution in [3.8, 4) is 28.7 Å². The zero-order valence-corrected chi connectivity index (χ0v) is 13.1. The maximum atomic E-state index is 9.40. The van der Waals surface area contributed by atoms with E-state index in [1.807, 2.05) is 13.8 Å². The smallest absolute Gasteiger partial charge is 0.157 e. The molecule has 0 fully saturated rings. The lowest BCUT2D eigenvalue weighted by Gasteiger charge is -2.22. The number of phenols is 4. The molecule has 126 valence electrons. The molecule has 1 heterocycles. The molecule has 0 unspecified atom stereocenters. The summed E-state index contributed by atoms with van der Waals surface area (Å²) in [6.45, 7) is 4.20. The van der Waals surface area contributed by atoms with E-state index in [4.69, 9.17) is 20.1 Å². The van der Waals surface area contributed by atoms with E-state index in [-0.39, 0.29) is 29.6 Å². The third-order valence-electron chi connectivity index (χ3n) is 2.92. The topological polar surface area (TPSA) is 110 Å². The third kappa shape index (κ3) is 5.27. The summed E-state index contributed by atoms with van der Waals surface area (Å²) in [5, 5.41) is 45.1. The van der Waals surface area contributed by atoms with Crippen LogP contribution in [0.4, 0.5) is 0 Å². The third-order valence-corrected chi connectivity index (χ3v) is 2.92. The summed E-state index contributed by atoms with van der Waals surface area (Å²) in [7, 11) is 0. The molecule has 0 bridgehead atoms. The van der Waals surface area contributed by atoms with Gasteiger partial charge in [-0.15, -0.1) is 0 Å². The molecular weight excluding hydrogens is 300 g/mol. The number of para-hydroxylation sites is 2. The second-order valence-corrected chi connectivity index (χ2v) is 4.60. The van der Waals surface area contributed by atoms with E-state index in [9.17, 15) is 10.2 Å². The average molecular weight is 322 g/mol. The minimum atomic E-state index is -0.581. The molecule has 2 aromatic rings. The molecule has 0 saturated heterocycles. The van der Waals surface area contributed by atoms with Crippen molar-refractivity contribution in [2.24, 2.45) is 0 Å². The largest absolute Gasteiger partial charge is 0.508 e. The quantitative estimate of drug-likeness (QED) is 0.477. The highest BCUT2D eigenvalue weighted by molar-refractivity contribution is 5.50. The predicted octanol–water partition coefficient (Wildman–Crippen LogP) is 2.52. The van der Waals surface area contributed by atoms with Gasteiger partial charge in [-0.3, -0.25) is 0 Å². The van der Waals surface area contributed by atoms with Crippen LogP contribution in [0.15, 0.2) is 36.4 Å². The molecule has 1 aliphatic heterocycles. The number of aromatic hydroxyl groups is 4. The maximum absolute atomic E-state index is 9.40. The summed E-state index contributed by atoms with van der Waals surface area (Å²) >= 11 is 0. The standard InChI is InChI=1S/C9H10O4.C6H6O2.C2H6/c10-5-2-8(12)7-1-6(11)4-13-9(7)3-5;7-5-3-1-2-4-6(5)8;1-2/h2-3,6,10-12H,1,4H2;1-4,7-8H;1-2H3/t6-;;/m0../s1. The van der Waals surface area contributed by atoms with Crippen LogP contribution < -0.4 is 4.74 Å². The highest BCUT2D eigenvalue weighted by atomic mass is 16.5. The first kappa shape index (κ1) is 18.4. The van der Waals surface area contributed by atoms with Crippen molar-refractivity contribution in [3.05, 3.63) is 42.0 Å². The van der Waals surface area contributed by atoms with Crippen molar-refractivity contribution in [3.63, 3.8) is 0 Å². The second kappa shape index (κ2) is 8.75. The lowest BCUT2D eigenvalue weighted by molar-refractivity contribution is 0.0906. The van der Waals surface area contributed by atoms with Crippen LogP contribution in [0.25, 0.3) is 0 Å². The summed E-state index contributed by atoms with van der Waals surface area (Å²) in [4.78, 5) is 0. The van der Waals surface area contributed by atoms with Gasteiger partial charge in [0.15, 0.2) is 11.5 Å². The Balaban J connectivity index is 0.000000228. The van der Waals surface area contributed by atoms with Gasteiger partial charge in [-0.1, -0.05) is 26.0 Å². The first-order valence-corrected chi connectivity index (χ1v) is 7.30. The number of fused-ring (bicyclic) bond motifs is 1. The molecule has 3 rings (SSSR count). The van der Waals surface area contributed by atoms with Gasteiger partial charge in [-0.25, -0.2) is 0 Å². The van der Waals surface area contributed by atoms with Gasteiger partial charge in [0.2, 0.25) is 0 Å². The Bertz CT molecular complexity index is 605. The molecule has 6 nitrogen and oxygen atoms in total. The fraction of sp³-hybridized carbons (Fsp3) is 0.294. The summed E-state index contributed by atoms with van der Waals surface area (Å²) < 4.78 is 5.13. The molecule has 2 aromatic carbocycles. The highest BCUT2D eigenvalue weighted by Gasteiger charge is 2.21. The molecule has 1 aliphatic rings. The van der Waals surface area contributed by atoms with Crippen molar-refractivity contribution in [1.82, 2.24) is 0 Å². The number of phenolic OH excluding ortho intramolecular Hbond substituents is 4. The molecule has 6 heteroatoms. The van der Waals surface area contributed by atoms with E-state index in [2.05, 4.69) is 0 Å². The summed E-state index contributed by atoms with van der Waals surface area (Å²) in [5.74, 6) is 0.226. The summed E-state index contributed by atoms with van der Waals surface area (Å²) in [6.07, 6.45) is -0.218. The summed E-state index contributed by atoms with van der Waals surface area (Å²) in [6, 6.07) is 8.82. The second-order valence-electron chi connectivity index (χ2n) is 4.60. The van der Waals surface area contributed by atoms with Crippen LogP contribution in [0.1, 0.15) is 19.4 Å². The van der Waals surface area contributed by atoms with Gasteiger partial charge in [0.05, 0.1) is 6.10 Å². The van der Waals surface area contributed by atoms with Crippen LogP contribution in [-0.2, 0) is 6.42 Å². The minimum Gasteiger partial charge on any atom is -0.508 e. The highest BCUT2D eigenvalue weighted by Crippen LogP contribution is 2.35. The number of benzene rings is 2. The van der Waals surface area contributed by atoms with Gasteiger partial charge in [0.25, 0.3) is 0 Å². The first-order valence-electron chi connectivity index (χ1n) is 7.30. The van der Waals surface area contributed by atoms with Crippen LogP contribution in [-0.4, -0.2) is 38.2 Å². The number of aliphatic hydroxyl groups excluding tert-OH is 1. The van der Waals surface area contributed by atoms with Crippen LogP contribution in [0.2, 0.25) is 0 Å². The Morgan fingerprint density at radius 1 is 0.913 bits per heavy atom. The average Bonchev–Trinajstić information content (AvgIpc) is 2.54. The lowest BCUT2D eigenvalue weighted by atomic mass is 10.0. The Morgan fingerprint density at radius 3 is 2.00 bits per heavy atom. The van der Waals surface area contributed by atoms with E-state index in [0.29, 0.717) is 17.7 Å². The van der Waals surface area contributed by atoms with E-state index in [0.717, 1.165) is 0 Å². The first-order chi connectivity index (χ1) is 11.0. The normalized spacial score (nSPS) is 15.0. The Hall–Kier alpha value is -2.60. The van der Waals surface area contributed by atoms with Crippen molar-refractivity contribution >= 4 is 0 Å².